The van der Waals surface area contributed by atoms with Gasteiger partial charge in [0.15, 0.2) is 22.3 Å². The lowest BCUT2D eigenvalue weighted by atomic mass is 10.1. The van der Waals surface area contributed by atoms with Gasteiger partial charge in [-0.2, -0.15) is 0 Å². The van der Waals surface area contributed by atoms with Crippen molar-refractivity contribution in [2.75, 3.05) is 0 Å². The molecule has 1 rings (SSSR count). The SMILES string of the molecule is O=C(c1cc(F)c(F)cc1Br)C(Cl)Cl. The second kappa shape index (κ2) is 4.55. The monoisotopic (exact) mass is 302 g/mol. The molecule has 1 aromatic rings. The first kappa shape index (κ1) is 11.9. The maximum absolute atomic E-state index is 12.7. The van der Waals surface area contributed by atoms with Crippen LogP contribution in [0.1, 0.15) is 10.4 Å². The van der Waals surface area contributed by atoms with Gasteiger partial charge in [0, 0.05) is 10.0 Å². The summed E-state index contributed by atoms with van der Waals surface area (Å²) in [5, 5.41) is 0. The zero-order valence-electron chi connectivity index (χ0n) is 6.53. The molecule has 0 spiro atoms. The molecular formula is C8H3BrCl2F2O. The second-order valence-electron chi connectivity index (χ2n) is 2.41. The summed E-state index contributed by atoms with van der Waals surface area (Å²) in [7, 11) is 0. The Bertz CT molecular complexity index is 382. The number of Topliss-reactive ketones (excluding diaryl/α,β-unsaturated/α-hetero) is 1. The highest BCUT2D eigenvalue weighted by Crippen LogP contribution is 2.23. The lowest BCUT2D eigenvalue weighted by Gasteiger charge is -2.04. The van der Waals surface area contributed by atoms with E-state index in [1.807, 2.05) is 0 Å². The number of alkyl halides is 2. The number of halogens is 5. The normalized spacial score (nSPS) is 10.7. The molecule has 0 fully saturated rings. The molecule has 0 amide bonds. The van der Waals surface area contributed by atoms with Crippen LogP contribution in [-0.2, 0) is 0 Å². The van der Waals surface area contributed by atoms with Crippen LogP contribution in [0.25, 0.3) is 0 Å². The standard InChI is InChI=1S/C8H3BrCl2F2O/c9-4-2-6(13)5(12)1-3(4)7(14)8(10)11/h1-2,8H. The molecule has 0 N–H and O–H groups in total. The highest BCUT2D eigenvalue weighted by molar-refractivity contribution is 9.10. The van der Waals surface area contributed by atoms with Crippen LogP contribution in [0.15, 0.2) is 16.6 Å². The third kappa shape index (κ3) is 2.43. The van der Waals surface area contributed by atoms with Crippen LogP contribution in [0.3, 0.4) is 0 Å². The number of carbonyl (C=O) groups excluding carboxylic acids is 1. The minimum absolute atomic E-state index is 0.0844. The summed E-state index contributed by atoms with van der Waals surface area (Å²) in [6.07, 6.45) is 0. The lowest BCUT2D eigenvalue weighted by Crippen LogP contribution is -2.09. The quantitative estimate of drug-likeness (QED) is 0.462. The van der Waals surface area contributed by atoms with Gasteiger partial charge in [0.2, 0.25) is 0 Å². The molecule has 1 aromatic carbocycles. The van der Waals surface area contributed by atoms with Crippen LogP contribution in [-0.4, -0.2) is 10.6 Å². The van der Waals surface area contributed by atoms with E-state index < -0.39 is 22.3 Å². The smallest absolute Gasteiger partial charge is 0.196 e. The van der Waals surface area contributed by atoms with Crippen molar-refractivity contribution in [2.45, 2.75) is 4.84 Å². The number of ketones is 1. The number of carbonyl (C=O) groups is 1. The molecule has 0 bridgehead atoms. The van der Waals surface area contributed by atoms with Crippen molar-refractivity contribution in [1.29, 1.82) is 0 Å². The minimum atomic E-state index is -1.30. The Kier molecular flexibility index (Phi) is 3.86. The largest absolute Gasteiger partial charge is 0.291 e. The summed E-state index contributed by atoms with van der Waals surface area (Å²) in [4.78, 5) is 9.95. The Morgan fingerprint density at radius 1 is 1.29 bits per heavy atom. The van der Waals surface area contributed by atoms with E-state index in [4.69, 9.17) is 23.2 Å². The number of rotatable bonds is 2. The van der Waals surface area contributed by atoms with E-state index in [1.54, 1.807) is 0 Å². The van der Waals surface area contributed by atoms with Gasteiger partial charge < -0.3 is 0 Å². The summed E-state index contributed by atoms with van der Waals surface area (Å²) in [6.45, 7) is 0. The van der Waals surface area contributed by atoms with E-state index in [1.165, 1.54) is 0 Å². The van der Waals surface area contributed by atoms with Crippen LogP contribution >= 0.6 is 39.1 Å². The van der Waals surface area contributed by atoms with E-state index >= 15 is 0 Å². The highest BCUT2D eigenvalue weighted by atomic mass is 79.9. The first-order chi connectivity index (χ1) is 6.43. The fourth-order valence-electron chi connectivity index (χ4n) is 0.829. The van der Waals surface area contributed by atoms with Gasteiger partial charge in [0.05, 0.1) is 0 Å². The molecule has 76 valence electrons. The Balaban J connectivity index is 3.22. The fourth-order valence-corrected chi connectivity index (χ4v) is 1.57. The topological polar surface area (TPSA) is 17.1 Å². The lowest BCUT2D eigenvalue weighted by molar-refractivity contribution is 0.101. The van der Waals surface area contributed by atoms with Crippen molar-refractivity contribution in [3.05, 3.63) is 33.8 Å². The molecular weight excluding hydrogens is 301 g/mol. The molecule has 0 heterocycles. The molecule has 1 nitrogen and oxygen atoms in total. The molecule has 0 radical (unpaired) electrons. The second-order valence-corrected chi connectivity index (χ2v) is 4.36. The van der Waals surface area contributed by atoms with Crippen molar-refractivity contribution in [2.24, 2.45) is 0 Å². The molecule has 0 unspecified atom stereocenters. The number of hydrogen-bond acceptors (Lipinski definition) is 1. The van der Waals surface area contributed by atoms with Crippen LogP contribution < -0.4 is 0 Å². The Morgan fingerprint density at radius 3 is 2.29 bits per heavy atom. The van der Waals surface area contributed by atoms with Crippen molar-refractivity contribution in [3.63, 3.8) is 0 Å². The van der Waals surface area contributed by atoms with Crippen molar-refractivity contribution in [3.8, 4) is 0 Å². The zero-order chi connectivity index (χ0) is 10.9. The van der Waals surface area contributed by atoms with Gasteiger partial charge in [-0.25, -0.2) is 8.78 Å². The van der Waals surface area contributed by atoms with Gasteiger partial charge in [-0.3, -0.25) is 4.79 Å². The molecule has 0 aliphatic heterocycles. The first-order valence-corrected chi connectivity index (χ1v) is 5.07. The van der Waals surface area contributed by atoms with Gasteiger partial charge in [-0.15, -0.1) is 0 Å². The van der Waals surface area contributed by atoms with E-state index in [0.29, 0.717) is 0 Å². The highest BCUT2D eigenvalue weighted by Gasteiger charge is 2.19. The van der Waals surface area contributed by atoms with Gasteiger partial charge in [-0.05, 0) is 28.1 Å². The van der Waals surface area contributed by atoms with Gasteiger partial charge >= 0.3 is 0 Å². The molecule has 14 heavy (non-hydrogen) atoms. The maximum atomic E-state index is 12.7. The molecule has 0 saturated carbocycles. The molecule has 0 aliphatic rings. The summed E-state index contributed by atoms with van der Waals surface area (Å²) < 4.78 is 25.5. The minimum Gasteiger partial charge on any atom is -0.291 e. The van der Waals surface area contributed by atoms with Gasteiger partial charge in [0.1, 0.15) is 0 Å². The van der Waals surface area contributed by atoms with Crippen molar-refractivity contribution in [1.82, 2.24) is 0 Å². The predicted molar refractivity (Wildman–Crippen MR) is 53.9 cm³/mol. The van der Waals surface area contributed by atoms with Gasteiger partial charge in [-0.1, -0.05) is 23.2 Å². The van der Waals surface area contributed by atoms with Crippen LogP contribution in [0.5, 0.6) is 0 Å². The van der Waals surface area contributed by atoms with Crippen LogP contribution in [0.2, 0.25) is 0 Å². The van der Waals surface area contributed by atoms with E-state index in [2.05, 4.69) is 15.9 Å². The first-order valence-electron chi connectivity index (χ1n) is 3.40. The van der Waals surface area contributed by atoms with Crippen molar-refractivity contribution >= 4 is 44.9 Å². The Morgan fingerprint density at radius 2 is 1.79 bits per heavy atom. The number of benzene rings is 1. The summed E-state index contributed by atoms with van der Waals surface area (Å²) in [5.74, 6) is -2.85. The summed E-state index contributed by atoms with van der Waals surface area (Å²) in [6, 6.07) is 1.60. The van der Waals surface area contributed by atoms with Crippen LogP contribution in [0.4, 0.5) is 8.78 Å². The average molecular weight is 304 g/mol. The van der Waals surface area contributed by atoms with E-state index in [9.17, 15) is 13.6 Å². The number of hydrogen-bond donors (Lipinski definition) is 0. The molecule has 0 aliphatic carbocycles. The summed E-state index contributed by atoms with van der Waals surface area (Å²) >= 11 is 13.5. The Hall–Kier alpha value is -0.190. The average Bonchev–Trinajstić information content (AvgIpc) is 2.10. The third-order valence-electron chi connectivity index (χ3n) is 1.47. The summed E-state index contributed by atoms with van der Waals surface area (Å²) in [5.41, 5.74) is -0.0844. The van der Waals surface area contributed by atoms with Gasteiger partial charge in [0.25, 0.3) is 0 Å². The molecule has 0 aromatic heterocycles. The molecule has 6 heteroatoms. The fraction of sp³-hybridized carbons (Fsp3) is 0.125. The molecule has 0 saturated heterocycles. The van der Waals surface area contributed by atoms with E-state index in [0.717, 1.165) is 12.1 Å². The maximum Gasteiger partial charge on any atom is 0.196 e. The zero-order valence-corrected chi connectivity index (χ0v) is 9.63. The predicted octanol–water partition coefficient (Wildman–Crippen LogP) is 3.71. The van der Waals surface area contributed by atoms with E-state index in [-0.39, 0.29) is 10.0 Å². The van der Waals surface area contributed by atoms with Crippen molar-refractivity contribution < 1.29 is 13.6 Å². The third-order valence-corrected chi connectivity index (χ3v) is 2.53. The Labute approximate surface area is 97.1 Å². The molecule has 0 atom stereocenters. The van der Waals surface area contributed by atoms with Crippen LogP contribution in [0, 0.1) is 11.6 Å².